The maximum Gasteiger partial charge on any atom is 0.254 e. The number of nitrogens with zero attached hydrogens (tertiary/aromatic N) is 2. The van der Waals surface area contributed by atoms with Gasteiger partial charge in [0, 0.05) is 49.7 Å². The summed E-state index contributed by atoms with van der Waals surface area (Å²) < 4.78 is 0. The van der Waals surface area contributed by atoms with Crippen LogP contribution < -0.4 is 5.32 Å². The van der Waals surface area contributed by atoms with Gasteiger partial charge in [0.25, 0.3) is 5.91 Å². The van der Waals surface area contributed by atoms with Gasteiger partial charge in [0.1, 0.15) is 0 Å². The number of amides is 2. The smallest absolute Gasteiger partial charge is 0.254 e. The summed E-state index contributed by atoms with van der Waals surface area (Å²) >= 11 is 5.91. The fourth-order valence-corrected chi connectivity index (χ4v) is 2.54. The summed E-state index contributed by atoms with van der Waals surface area (Å²) in [7, 11) is 1.83. The summed E-state index contributed by atoms with van der Waals surface area (Å²) in [6, 6.07) is 6.96. The fraction of sp³-hybridized carbons (Fsp3) is 0.467. The third kappa shape index (κ3) is 4.87. The molecule has 122 valence electrons. The molecule has 2 amide bonds. The SMILES string of the molecule is CNCCC(=O)N1CCN(C(=O)c2cccc(Cl)c2)CC1.Cl. The van der Waals surface area contributed by atoms with Gasteiger partial charge in [0.05, 0.1) is 0 Å². The summed E-state index contributed by atoms with van der Waals surface area (Å²) in [6.07, 6.45) is 0.499. The molecule has 1 aliphatic heterocycles. The van der Waals surface area contributed by atoms with Gasteiger partial charge in [-0.05, 0) is 25.2 Å². The average Bonchev–Trinajstić information content (AvgIpc) is 2.52. The first-order valence-electron chi connectivity index (χ1n) is 7.09. The molecule has 0 aromatic heterocycles. The standard InChI is InChI=1S/C15H20ClN3O2.ClH/c1-17-6-5-14(20)18-7-9-19(10-8-18)15(21)12-3-2-4-13(16)11-12;/h2-4,11,17H,5-10H2,1H3;1H. The highest BCUT2D eigenvalue weighted by atomic mass is 35.5. The Labute approximate surface area is 142 Å². The fourth-order valence-electron chi connectivity index (χ4n) is 2.35. The second kappa shape index (κ2) is 8.98. The van der Waals surface area contributed by atoms with Gasteiger partial charge in [-0.2, -0.15) is 0 Å². The van der Waals surface area contributed by atoms with Crippen LogP contribution in [-0.2, 0) is 4.79 Å². The third-order valence-corrected chi connectivity index (χ3v) is 3.82. The summed E-state index contributed by atoms with van der Waals surface area (Å²) in [6.45, 7) is 3.00. The van der Waals surface area contributed by atoms with Crippen LogP contribution in [0.2, 0.25) is 5.02 Å². The topological polar surface area (TPSA) is 52.7 Å². The summed E-state index contributed by atoms with van der Waals surface area (Å²) in [5, 5.41) is 3.52. The zero-order valence-corrected chi connectivity index (χ0v) is 14.1. The molecule has 1 heterocycles. The Balaban J connectivity index is 0.00000242. The number of rotatable bonds is 4. The molecule has 0 aliphatic carbocycles. The first-order chi connectivity index (χ1) is 10.1. The normalized spacial score (nSPS) is 14.5. The van der Waals surface area contributed by atoms with Crippen molar-refractivity contribution in [2.24, 2.45) is 0 Å². The van der Waals surface area contributed by atoms with Crippen LogP contribution in [0.25, 0.3) is 0 Å². The molecule has 1 aromatic rings. The number of carbonyl (C=O) groups is 2. The van der Waals surface area contributed by atoms with Gasteiger partial charge < -0.3 is 15.1 Å². The van der Waals surface area contributed by atoms with E-state index < -0.39 is 0 Å². The van der Waals surface area contributed by atoms with E-state index in [0.29, 0.717) is 49.7 Å². The van der Waals surface area contributed by atoms with Crippen LogP contribution >= 0.6 is 24.0 Å². The maximum absolute atomic E-state index is 12.4. The average molecular weight is 346 g/mol. The molecule has 0 atom stereocenters. The van der Waals surface area contributed by atoms with E-state index in [4.69, 9.17) is 11.6 Å². The second-order valence-corrected chi connectivity index (χ2v) is 5.47. The molecule has 22 heavy (non-hydrogen) atoms. The van der Waals surface area contributed by atoms with Gasteiger partial charge in [-0.3, -0.25) is 9.59 Å². The van der Waals surface area contributed by atoms with Crippen molar-refractivity contribution in [1.82, 2.24) is 15.1 Å². The maximum atomic E-state index is 12.4. The minimum Gasteiger partial charge on any atom is -0.339 e. The second-order valence-electron chi connectivity index (χ2n) is 5.04. The third-order valence-electron chi connectivity index (χ3n) is 3.58. The molecular weight excluding hydrogens is 325 g/mol. The van der Waals surface area contributed by atoms with Crippen molar-refractivity contribution in [2.75, 3.05) is 39.8 Å². The van der Waals surface area contributed by atoms with Gasteiger partial charge in [-0.25, -0.2) is 0 Å². The van der Waals surface area contributed by atoms with E-state index in [9.17, 15) is 9.59 Å². The lowest BCUT2D eigenvalue weighted by Crippen LogP contribution is -2.50. The van der Waals surface area contributed by atoms with Crippen molar-refractivity contribution >= 4 is 35.8 Å². The summed E-state index contributed by atoms with van der Waals surface area (Å²) in [4.78, 5) is 27.9. The zero-order valence-electron chi connectivity index (χ0n) is 12.5. The Hall–Kier alpha value is -1.30. The first kappa shape index (κ1) is 18.7. The van der Waals surface area contributed by atoms with Crippen molar-refractivity contribution in [1.29, 1.82) is 0 Å². The Morgan fingerprint density at radius 3 is 2.41 bits per heavy atom. The molecule has 1 aliphatic rings. The molecule has 0 unspecified atom stereocenters. The molecule has 0 radical (unpaired) electrons. The van der Waals surface area contributed by atoms with Crippen LogP contribution in [-0.4, -0.2) is 61.4 Å². The monoisotopic (exact) mass is 345 g/mol. The summed E-state index contributed by atoms with van der Waals surface area (Å²) in [5.74, 6) is 0.110. The molecule has 0 saturated carbocycles. The molecule has 2 rings (SSSR count). The lowest BCUT2D eigenvalue weighted by Gasteiger charge is -2.35. The van der Waals surface area contributed by atoms with Crippen molar-refractivity contribution in [3.05, 3.63) is 34.9 Å². The van der Waals surface area contributed by atoms with Gasteiger partial charge in [0.15, 0.2) is 0 Å². The van der Waals surface area contributed by atoms with E-state index in [2.05, 4.69) is 5.32 Å². The number of nitrogens with one attached hydrogen (secondary N) is 1. The Morgan fingerprint density at radius 1 is 1.18 bits per heavy atom. The first-order valence-corrected chi connectivity index (χ1v) is 7.47. The predicted molar refractivity (Wildman–Crippen MR) is 89.7 cm³/mol. The van der Waals surface area contributed by atoms with E-state index in [1.807, 2.05) is 11.9 Å². The van der Waals surface area contributed by atoms with E-state index in [0.717, 1.165) is 0 Å². The highest BCUT2D eigenvalue weighted by Gasteiger charge is 2.24. The van der Waals surface area contributed by atoms with E-state index in [-0.39, 0.29) is 24.2 Å². The van der Waals surface area contributed by atoms with E-state index in [1.165, 1.54) is 0 Å². The van der Waals surface area contributed by atoms with E-state index >= 15 is 0 Å². The van der Waals surface area contributed by atoms with Gasteiger partial charge in [0.2, 0.25) is 5.91 Å². The quantitative estimate of drug-likeness (QED) is 0.902. The van der Waals surface area contributed by atoms with Gasteiger partial charge >= 0.3 is 0 Å². The molecule has 5 nitrogen and oxygen atoms in total. The minimum atomic E-state index is -0.0279. The van der Waals surface area contributed by atoms with Crippen LogP contribution in [0.15, 0.2) is 24.3 Å². The Bertz CT molecular complexity index is 517. The molecule has 1 fully saturated rings. The highest BCUT2D eigenvalue weighted by molar-refractivity contribution is 6.30. The number of hydrogen-bond donors (Lipinski definition) is 1. The molecule has 1 N–H and O–H groups in total. The summed E-state index contributed by atoms with van der Waals surface area (Å²) in [5.41, 5.74) is 0.595. The molecule has 7 heteroatoms. The van der Waals surface area contributed by atoms with Crippen LogP contribution in [0, 0.1) is 0 Å². The predicted octanol–water partition coefficient (Wildman–Crippen LogP) is 1.66. The van der Waals surface area contributed by atoms with Crippen LogP contribution in [0.4, 0.5) is 0 Å². The van der Waals surface area contributed by atoms with E-state index in [1.54, 1.807) is 29.2 Å². The lowest BCUT2D eigenvalue weighted by molar-refractivity contribution is -0.132. The number of carbonyl (C=O) groups excluding carboxylic acids is 2. The molecule has 0 spiro atoms. The van der Waals surface area contributed by atoms with Crippen LogP contribution in [0.5, 0.6) is 0 Å². The highest BCUT2D eigenvalue weighted by Crippen LogP contribution is 2.14. The minimum absolute atomic E-state index is 0. The van der Waals surface area contributed by atoms with Gasteiger partial charge in [-0.15, -0.1) is 12.4 Å². The van der Waals surface area contributed by atoms with Crippen molar-refractivity contribution in [3.8, 4) is 0 Å². The van der Waals surface area contributed by atoms with Crippen molar-refractivity contribution < 1.29 is 9.59 Å². The number of halogens is 2. The van der Waals surface area contributed by atoms with Gasteiger partial charge in [-0.1, -0.05) is 17.7 Å². The number of piperazine rings is 1. The molecule has 1 saturated heterocycles. The number of benzene rings is 1. The zero-order chi connectivity index (χ0) is 15.2. The number of hydrogen-bond acceptors (Lipinski definition) is 3. The van der Waals surface area contributed by atoms with Crippen LogP contribution in [0.1, 0.15) is 16.8 Å². The largest absolute Gasteiger partial charge is 0.339 e. The van der Waals surface area contributed by atoms with Crippen LogP contribution in [0.3, 0.4) is 0 Å². The van der Waals surface area contributed by atoms with Crippen molar-refractivity contribution in [2.45, 2.75) is 6.42 Å². The molecule has 0 bridgehead atoms. The Morgan fingerprint density at radius 2 is 1.82 bits per heavy atom. The lowest BCUT2D eigenvalue weighted by atomic mass is 10.2. The molecular formula is C15H21Cl2N3O2. The molecule has 1 aromatic carbocycles. The Kier molecular flexibility index (Phi) is 7.65. The van der Waals surface area contributed by atoms with Crippen molar-refractivity contribution in [3.63, 3.8) is 0 Å².